The quantitative estimate of drug-likeness (QED) is 0.872. The lowest BCUT2D eigenvalue weighted by molar-refractivity contribution is -0.133. The number of aliphatic carboxylic acids is 1. The molecule has 2 rings (SSSR count). The SMILES string of the molecule is CN(C)n1c(SCC(=O)O)nc2c(Cl)cccc21. The van der Waals surface area contributed by atoms with E-state index in [1.165, 1.54) is 11.8 Å². The molecule has 5 nitrogen and oxygen atoms in total. The summed E-state index contributed by atoms with van der Waals surface area (Å²) in [7, 11) is 3.74. The minimum absolute atomic E-state index is 0.0330. The zero-order chi connectivity index (χ0) is 13.3. The molecular weight excluding hydrogens is 274 g/mol. The van der Waals surface area contributed by atoms with E-state index in [4.69, 9.17) is 16.7 Å². The van der Waals surface area contributed by atoms with Crippen molar-refractivity contribution in [2.24, 2.45) is 0 Å². The first-order chi connectivity index (χ1) is 8.50. The van der Waals surface area contributed by atoms with Crippen LogP contribution in [0.5, 0.6) is 0 Å². The van der Waals surface area contributed by atoms with Crippen LogP contribution in [-0.4, -0.2) is 40.6 Å². The Morgan fingerprint density at radius 2 is 2.28 bits per heavy atom. The monoisotopic (exact) mass is 285 g/mol. The summed E-state index contributed by atoms with van der Waals surface area (Å²) < 4.78 is 1.84. The largest absolute Gasteiger partial charge is 0.481 e. The molecular formula is C11H12ClN3O2S. The molecule has 0 amide bonds. The molecule has 0 bridgehead atoms. The maximum absolute atomic E-state index is 10.6. The first-order valence-electron chi connectivity index (χ1n) is 5.20. The summed E-state index contributed by atoms with van der Waals surface area (Å²) in [5, 5.41) is 11.8. The Labute approximate surface area is 113 Å². The molecule has 1 aromatic heterocycles. The summed E-state index contributed by atoms with van der Waals surface area (Å²) >= 11 is 7.26. The molecule has 0 aliphatic carbocycles. The van der Waals surface area contributed by atoms with Gasteiger partial charge in [-0.3, -0.25) is 4.79 Å². The van der Waals surface area contributed by atoms with Crippen LogP contribution in [0.2, 0.25) is 5.02 Å². The smallest absolute Gasteiger partial charge is 0.313 e. The van der Waals surface area contributed by atoms with Gasteiger partial charge in [0.05, 0.1) is 16.3 Å². The van der Waals surface area contributed by atoms with Crippen molar-refractivity contribution in [1.29, 1.82) is 0 Å². The van der Waals surface area contributed by atoms with E-state index in [1.807, 2.05) is 35.9 Å². The van der Waals surface area contributed by atoms with E-state index in [1.54, 1.807) is 6.07 Å². The van der Waals surface area contributed by atoms with E-state index in [0.29, 0.717) is 15.7 Å². The van der Waals surface area contributed by atoms with Crippen molar-refractivity contribution in [3.8, 4) is 0 Å². The highest BCUT2D eigenvalue weighted by Crippen LogP contribution is 2.28. The lowest BCUT2D eigenvalue weighted by Crippen LogP contribution is -2.25. The van der Waals surface area contributed by atoms with Crippen LogP contribution >= 0.6 is 23.4 Å². The minimum atomic E-state index is -0.872. The second-order valence-electron chi connectivity index (χ2n) is 3.84. The zero-order valence-corrected chi connectivity index (χ0v) is 11.5. The predicted octanol–water partition coefficient (Wildman–Crippen LogP) is 2.06. The first kappa shape index (κ1) is 13.0. The molecule has 0 saturated carbocycles. The Bertz CT molecular complexity index is 597. The topological polar surface area (TPSA) is 58.4 Å². The number of nitrogens with zero attached hydrogens (tertiary/aromatic N) is 3. The Morgan fingerprint density at radius 3 is 2.89 bits per heavy atom. The van der Waals surface area contributed by atoms with Crippen molar-refractivity contribution in [1.82, 2.24) is 9.66 Å². The van der Waals surface area contributed by atoms with Crippen LogP contribution < -0.4 is 5.01 Å². The standard InChI is InChI=1S/C11H12ClN3O2S/c1-14(2)15-8-5-3-4-7(12)10(8)13-11(15)18-6-9(16)17/h3-5H,6H2,1-2H3,(H,16,17). The second-order valence-corrected chi connectivity index (χ2v) is 5.19. The molecule has 1 aromatic carbocycles. The first-order valence-corrected chi connectivity index (χ1v) is 6.56. The van der Waals surface area contributed by atoms with Crippen LogP contribution in [0.3, 0.4) is 0 Å². The van der Waals surface area contributed by atoms with Crippen LogP contribution in [-0.2, 0) is 4.79 Å². The predicted molar refractivity (Wildman–Crippen MR) is 73.2 cm³/mol. The highest BCUT2D eigenvalue weighted by Gasteiger charge is 2.15. The fourth-order valence-corrected chi connectivity index (χ4v) is 2.64. The molecule has 0 aliphatic heterocycles. The third-order valence-electron chi connectivity index (χ3n) is 2.31. The van der Waals surface area contributed by atoms with Gasteiger partial charge < -0.3 is 10.1 Å². The average Bonchev–Trinajstić information content (AvgIpc) is 2.66. The molecule has 0 fully saturated rings. The number of aromatic nitrogens is 2. The van der Waals surface area contributed by atoms with Gasteiger partial charge in [-0.05, 0) is 12.1 Å². The van der Waals surface area contributed by atoms with E-state index in [-0.39, 0.29) is 5.75 Å². The number of benzene rings is 1. The van der Waals surface area contributed by atoms with Gasteiger partial charge in [-0.1, -0.05) is 29.4 Å². The Morgan fingerprint density at radius 1 is 1.56 bits per heavy atom. The Kier molecular flexibility index (Phi) is 3.68. The van der Waals surface area contributed by atoms with Crippen LogP contribution in [0.1, 0.15) is 0 Å². The molecule has 96 valence electrons. The van der Waals surface area contributed by atoms with E-state index in [2.05, 4.69) is 4.98 Å². The van der Waals surface area contributed by atoms with E-state index in [9.17, 15) is 4.79 Å². The highest BCUT2D eigenvalue weighted by atomic mass is 35.5. The zero-order valence-electron chi connectivity index (χ0n) is 9.92. The summed E-state index contributed by atoms with van der Waals surface area (Å²) in [6.07, 6.45) is 0. The molecule has 1 heterocycles. The lowest BCUT2D eigenvalue weighted by atomic mass is 10.3. The summed E-state index contributed by atoms with van der Waals surface area (Å²) in [5.74, 6) is -0.905. The van der Waals surface area contributed by atoms with E-state index < -0.39 is 5.97 Å². The Balaban J connectivity index is 2.54. The van der Waals surface area contributed by atoms with Crippen LogP contribution in [0, 0.1) is 0 Å². The normalized spacial score (nSPS) is 10.8. The third kappa shape index (κ3) is 2.39. The minimum Gasteiger partial charge on any atom is -0.481 e. The fraction of sp³-hybridized carbons (Fsp3) is 0.273. The van der Waals surface area contributed by atoms with Gasteiger partial charge in [0.25, 0.3) is 0 Å². The van der Waals surface area contributed by atoms with Crippen LogP contribution in [0.25, 0.3) is 11.0 Å². The molecule has 1 N–H and O–H groups in total. The molecule has 0 spiro atoms. The van der Waals surface area contributed by atoms with Crippen molar-refractivity contribution in [3.63, 3.8) is 0 Å². The number of carboxylic acid groups (broad SMARTS) is 1. The van der Waals surface area contributed by atoms with Gasteiger partial charge >= 0.3 is 5.97 Å². The number of carboxylic acids is 1. The molecule has 0 atom stereocenters. The number of carbonyl (C=O) groups is 1. The number of para-hydroxylation sites is 1. The molecule has 0 radical (unpaired) electrons. The van der Waals surface area contributed by atoms with Crippen LogP contribution in [0.15, 0.2) is 23.4 Å². The summed E-state index contributed by atoms with van der Waals surface area (Å²) in [6.45, 7) is 0. The van der Waals surface area contributed by atoms with Gasteiger partial charge in [0.15, 0.2) is 5.16 Å². The number of fused-ring (bicyclic) bond motifs is 1. The lowest BCUT2D eigenvalue weighted by Gasteiger charge is -2.17. The molecule has 0 aliphatic rings. The van der Waals surface area contributed by atoms with E-state index in [0.717, 1.165) is 5.52 Å². The van der Waals surface area contributed by atoms with Gasteiger partial charge in [-0.15, -0.1) is 0 Å². The molecule has 18 heavy (non-hydrogen) atoms. The fourth-order valence-electron chi connectivity index (χ4n) is 1.64. The molecule has 7 heteroatoms. The van der Waals surface area contributed by atoms with Crippen molar-refractivity contribution in [2.75, 3.05) is 24.9 Å². The van der Waals surface area contributed by atoms with E-state index >= 15 is 0 Å². The van der Waals surface area contributed by atoms with Gasteiger partial charge in [0.1, 0.15) is 5.52 Å². The van der Waals surface area contributed by atoms with Gasteiger partial charge in [0.2, 0.25) is 0 Å². The second kappa shape index (κ2) is 5.07. The van der Waals surface area contributed by atoms with Crippen molar-refractivity contribution >= 4 is 40.4 Å². The summed E-state index contributed by atoms with van der Waals surface area (Å²) in [5.41, 5.74) is 1.54. The average molecular weight is 286 g/mol. The number of halogens is 1. The van der Waals surface area contributed by atoms with Gasteiger partial charge in [0, 0.05) is 14.1 Å². The number of hydrogen-bond donors (Lipinski definition) is 1. The third-order valence-corrected chi connectivity index (χ3v) is 3.53. The molecule has 0 unspecified atom stereocenters. The number of rotatable bonds is 4. The van der Waals surface area contributed by atoms with Gasteiger partial charge in [-0.25, -0.2) is 9.66 Å². The summed E-state index contributed by atoms with van der Waals surface area (Å²) in [6, 6.07) is 5.51. The molecule has 2 aromatic rings. The Hall–Kier alpha value is -1.40. The van der Waals surface area contributed by atoms with Gasteiger partial charge in [-0.2, -0.15) is 0 Å². The molecule has 0 saturated heterocycles. The maximum atomic E-state index is 10.6. The van der Waals surface area contributed by atoms with Crippen molar-refractivity contribution in [2.45, 2.75) is 5.16 Å². The van der Waals surface area contributed by atoms with Crippen molar-refractivity contribution in [3.05, 3.63) is 23.2 Å². The van der Waals surface area contributed by atoms with Crippen molar-refractivity contribution < 1.29 is 9.90 Å². The summed E-state index contributed by atoms with van der Waals surface area (Å²) in [4.78, 5) is 15.0. The number of imidazole rings is 1. The van der Waals surface area contributed by atoms with Crippen LogP contribution in [0.4, 0.5) is 0 Å². The maximum Gasteiger partial charge on any atom is 0.313 e. The number of thioether (sulfide) groups is 1. The number of hydrogen-bond acceptors (Lipinski definition) is 4. The highest BCUT2D eigenvalue weighted by molar-refractivity contribution is 7.99.